The lowest BCUT2D eigenvalue weighted by molar-refractivity contribution is -0.150. The number of allylic oxidation sites excluding steroid dienone is 2. The molecule has 1 fully saturated rings. The van der Waals surface area contributed by atoms with Crippen LogP contribution < -0.4 is 11.1 Å². The van der Waals surface area contributed by atoms with E-state index in [1.165, 1.54) is 40.9 Å². The van der Waals surface area contributed by atoms with Crippen LogP contribution in [0.15, 0.2) is 47.7 Å². The zero-order valence-electron chi connectivity index (χ0n) is 14.5. The summed E-state index contributed by atoms with van der Waals surface area (Å²) in [6.07, 6.45) is 3.39. The second-order valence-corrected chi connectivity index (χ2v) is 7.25. The van der Waals surface area contributed by atoms with Crippen molar-refractivity contribution in [2.45, 2.75) is 24.4 Å². The Morgan fingerprint density at radius 3 is 2.63 bits per heavy atom. The summed E-state index contributed by atoms with van der Waals surface area (Å²) in [5.41, 5.74) is 6.93. The summed E-state index contributed by atoms with van der Waals surface area (Å²) in [7, 11) is 0. The second kappa shape index (κ2) is 7.45. The van der Waals surface area contributed by atoms with Gasteiger partial charge < -0.3 is 21.3 Å². The fraction of sp³-hybridized carbons (Fsp3) is 0.278. The monoisotopic (exact) mass is 389 g/mol. The number of nitrogens with zero attached hydrogens (tertiary/aromatic N) is 1. The Morgan fingerprint density at radius 1 is 1.37 bits per heavy atom. The Hall–Kier alpha value is -2.78. The van der Waals surface area contributed by atoms with E-state index in [2.05, 4.69) is 5.32 Å². The highest BCUT2D eigenvalue weighted by Crippen LogP contribution is 2.40. The van der Waals surface area contributed by atoms with Crippen LogP contribution >= 0.6 is 11.8 Å². The molecule has 142 valence electrons. The standard InChI is InChI=1S/C18H19N3O5S/c1-2-3-10-8-27-17-13(16(24)21(17)14(10)18(25)26)20-15(23)12(19)9-4-6-11(22)7-5-9/h2-7,12-13,17,22H,8,19H2,1H3,(H,20,23)(H,25,26)/b3-2-/t12?,13?,17-/m1/s1. The quantitative estimate of drug-likeness (QED) is 0.545. The number of phenols is 1. The first-order chi connectivity index (χ1) is 12.8. The van der Waals surface area contributed by atoms with Gasteiger partial charge in [-0.2, -0.15) is 0 Å². The summed E-state index contributed by atoms with van der Waals surface area (Å²) in [5.74, 6) is -1.71. The highest BCUT2D eigenvalue weighted by Gasteiger charge is 2.54. The van der Waals surface area contributed by atoms with Gasteiger partial charge in [0.15, 0.2) is 0 Å². The molecule has 1 aromatic carbocycles. The molecular formula is C18H19N3O5S. The first kappa shape index (κ1) is 19.0. The van der Waals surface area contributed by atoms with Crippen LogP contribution in [0.4, 0.5) is 0 Å². The first-order valence-electron chi connectivity index (χ1n) is 8.24. The Bertz CT molecular complexity index is 849. The summed E-state index contributed by atoms with van der Waals surface area (Å²) in [6.45, 7) is 1.77. The third kappa shape index (κ3) is 3.43. The molecule has 5 N–H and O–H groups in total. The number of aromatic hydroxyl groups is 1. The fourth-order valence-corrected chi connectivity index (χ4v) is 4.37. The number of nitrogens with one attached hydrogen (secondary N) is 1. The minimum atomic E-state index is -1.17. The van der Waals surface area contributed by atoms with Crippen LogP contribution in [0.3, 0.4) is 0 Å². The Morgan fingerprint density at radius 2 is 2.04 bits per heavy atom. The average Bonchev–Trinajstić information content (AvgIpc) is 2.65. The highest BCUT2D eigenvalue weighted by atomic mass is 32.2. The van der Waals surface area contributed by atoms with Gasteiger partial charge in [-0.05, 0) is 30.2 Å². The highest BCUT2D eigenvalue weighted by molar-refractivity contribution is 8.00. The number of β-lactam (4-membered cyclic amide) rings is 1. The van der Waals surface area contributed by atoms with Crippen LogP contribution in [0.5, 0.6) is 5.75 Å². The van der Waals surface area contributed by atoms with Crippen LogP contribution in [0.25, 0.3) is 0 Å². The van der Waals surface area contributed by atoms with Crippen molar-refractivity contribution in [1.82, 2.24) is 10.2 Å². The summed E-state index contributed by atoms with van der Waals surface area (Å²) in [5, 5.41) is 20.9. The molecule has 8 nitrogen and oxygen atoms in total. The van der Waals surface area contributed by atoms with Crippen molar-refractivity contribution in [3.8, 4) is 5.75 Å². The van der Waals surface area contributed by atoms with Gasteiger partial charge in [0.25, 0.3) is 5.91 Å². The van der Waals surface area contributed by atoms with Crippen LogP contribution in [-0.2, 0) is 14.4 Å². The zero-order valence-corrected chi connectivity index (χ0v) is 15.3. The molecule has 0 saturated carbocycles. The second-order valence-electron chi connectivity index (χ2n) is 6.14. The van der Waals surface area contributed by atoms with Gasteiger partial charge >= 0.3 is 5.97 Å². The van der Waals surface area contributed by atoms with Crippen LogP contribution in [-0.4, -0.2) is 50.1 Å². The number of carboxylic acid groups (broad SMARTS) is 1. The number of benzene rings is 1. The van der Waals surface area contributed by atoms with E-state index in [4.69, 9.17) is 5.73 Å². The molecule has 0 spiro atoms. The summed E-state index contributed by atoms with van der Waals surface area (Å²) >= 11 is 1.39. The molecule has 2 aliphatic heterocycles. The molecule has 3 atom stereocenters. The molecule has 0 bridgehead atoms. The molecule has 27 heavy (non-hydrogen) atoms. The number of nitrogens with two attached hydrogens (primary N) is 1. The summed E-state index contributed by atoms with van der Waals surface area (Å²) < 4.78 is 0. The SMILES string of the molecule is C/C=C\C1=C(C(=O)O)N2C(=O)C(NC(=O)C(N)c3ccc(O)cc3)[C@H]2SC1. The van der Waals surface area contributed by atoms with Crippen molar-refractivity contribution in [3.05, 3.63) is 53.3 Å². The molecule has 1 aromatic rings. The van der Waals surface area contributed by atoms with Gasteiger partial charge in [0, 0.05) is 5.75 Å². The number of aliphatic carboxylic acids is 1. The number of phenolic OH excluding ortho intramolecular Hbond substituents is 1. The molecule has 9 heteroatoms. The maximum absolute atomic E-state index is 12.5. The van der Waals surface area contributed by atoms with E-state index in [0.29, 0.717) is 16.9 Å². The number of thioether (sulfide) groups is 1. The topological polar surface area (TPSA) is 133 Å². The van der Waals surface area contributed by atoms with E-state index >= 15 is 0 Å². The minimum Gasteiger partial charge on any atom is -0.508 e. The molecule has 3 rings (SSSR count). The Balaban J connectivity index is 1.74. The Labute approximate surface area is 159 Å². The van der Waals surface area contributed by atoms with Crippen molar-refractivity contribution in [1.29, 1.82) is 0 Å². The third-order valence-electron chi connectivity index (χ3n) is 4.40. The smallest absolute Gasteiger partial charge is 0.352 e. The predicted octanol–water partition coefficient (Wildman–Crippen LogP) is 0.707. The van der Waals surface area contributed by atoms with E-state index < -0.39 is 35.2 Å². The van der Waals surface area contributed by atoms with E-state index in [1.807, 2.05) is 0 Å². The van der Waals surface area contributed by atoms with Crippen molar-refractivity contribution < 1.29 is 24.6 Å². The summed E-state index contributed by atoms with van der Waals surface area (Å²) in [4.78, 5) is 37.7. The van der Waals surface area contributed by atoms with Crippen molar-refractivity contribution >= 4 is 29.5 Å². The zero-order chi connectivity index (χ0) is 19.7. The number of carbonyl (C=O) groups excluding carboxylic acids is 2. The maximum atomic E-state index is 12.5. The number of hydrogen-bond acceptors (Lipinski definition) is 6. The van der Waals surface area contributed by atoms with Gasteiger partial charge in [-0.3, -0.25) is 14.5 Å². The van der Waals surface area contributed by atoms with Gasteiger partial charge in [-0.15, -0.1) is 11.8 Å². The van der Waals surface area contributed by atoms with E-state index in [9.17, 15) is 24.6 Å². The molecule has 0 radical (unpaired) electrons. The molecule has 2 heterocycles. The molecule has 2 unspecified atom stereocenters. The van der Waals surface area contributed by atoms with Crippen molar-refractivity contribution in [2.75, 3.05) is 5.75 Å². The number of carbonyl (C=O) groups is 3. The van der Waals surface area contributed by atoms with Crippen molar-refractivity contribution in [2.24, 2.45) is 5.73 Å². The van der Waals surface area contributed by atoms with Gasteiger partial charge in [0.05, 0.1) is 0 Å². The largest absolute Gasteiger partial charge is 0.508 e. The van der Waals surface area contributed by atoms with Crippen LogP contribution in [0, 0.1) is 0 Å². The van der Waals surface area contributed by atoms with Gasteiger partial charge in [-0.1, -0.05) is 24.3 Å². The molecule has 2 amide bonds. The average molecular weight is 389 g/mol. The van der Waals surface area contributed by atoms with Crippen LogP contribution in [0.1, 0.15) is 18.5 Å². The summed E-state index contributed by atoms with van der Waals surface area (Å²) in [6, 6.07) is 4.06. The number of fused-ring (bicyclic) bond motifs is 1. The normalized spacial score (nSPS) is 23.0. The predicted molar refractivity (Wildman–Crippen MR) is 99.5 cm³/mol. The third-order valence-corrected chi connectivity index (χ3v) is 5.70. The lowest BCUT2D eigenvalue weighted by atomic mass is 10.0. The Kier molecular flexibility index (Phi) is 5.24. The first-order valence-corrected chi connectivity index (χ1v) is 9.28. The molecule has 0 aliphatic carbocycles. The lowest BCUT2D eigenvalue weighted by Gasteiger charge is -2.49. The lowest BCUT2D eigenvalue weighted by Crippen LogP contribution is -2.71. The fourth-order valence-electron chi connectivity index (χ4n) is 3.05. The number of hydrogen-bond donors (Lipinski definition) is 4. The minimum absolute atomic E-state index is 0.0461. The van der Waals surface area contributed by atoms with Crippen molar-refractivity contribution in [3.63, 3.8) is 0 Å². The number of rotatable bonds is 5. The molecule has 2 aliphatic rings. The molecule has 0 aromatic heterocycles. The molecular weight excluding hydrogens is 370 g/mol. The number of amides is 2. The van der Waals surface area contributed by atoms with Gasteiger partial charge in [-0.25, -0.2) is 4.79 Å². The van der Waals surface area contributed by atoms with E-state index in [-0.39, 0.29) is 11.4 Å². The maximum Gasteiger partial charge on any atom is 0.352 e. The van der Waals surface area contributed by atoms with E-state index in [1.54, 1.807) is 19.1 Å². The number of carboxylic acids is 1. The van der Waals surface area contributed by atoms with Gasteiger partial charge in [0.2, 0.25) is 5.91 Å². The van der Waals surface area contributed by atoms with E-state index in [0.717, 1.165) is 0 Å². The van der Waals surface area contributed by atoms with Gasteiger partial charge in [0.1, 0.15) is 28.9 Å². The molecule has 1 saturated heterocycles. The van der Waals surface area contributed by atoms with Crippen LogP contribution in [0.2, 0.25) is 0 Å².